The molecular weight excluding hydrogens is 178 g/mol. The maximum absolute atomic E-state index is 3.53. The van der Waals surface area contributed by atoms with Gasteiger partial charge in [0, 0.05) is 17.5 Å². The molecule has 1 aromatic rings. The Morgan fingerprint density at radius 2 is 2.15 bits per heavy atom. The van der Waals surface area contributed by atoms with Gasteiger partial charge >= 0.3 is 0 Å². The lowest BCUT2D eigenvalue weighted by Gasteiger charge is -2.16. The number of hydrogen-bond donors (Lipinski definition) is 1. The standard InChI is InChI=1S/C11H19NS/c1-9(2)10(3)12-7-6-11-5-4-8-13-11/h4-5,8-10,12H,6-7H2,1-3H3/t10-/m0/s1. The summed E-state index contributed by atoms with van der Waals surface area (Å²) >= 11 is 1.84. The lowest BCUT2D eigenvalue weighted by molar-refractivity contribution is 0.430. The molecule has 1 heterocycles. The molecule has 0 bridgehead atoms. The quantitative estimate of drug-likeness (QED) is 0.765. The van der Waals surface area contributed by atoms with Gasteiger partial charge in [0.05, 0.1) is 0 Å². The zero-order valence-corrected chi connectivity index (χ0v) is 9.53. The van der Waals surface area contributed by atoms with Crippen molar-refractivity contribution < 1.29 is 0 Å². The number of rotatable bonds is 5. The summed E-state index contributed by atoms with van der Waals surface area (Å²) in [6, 6.07) is 4.94. The fraction of sp³-hybridized carbons (Fsp3) is 0.636. The first-order valence-electron chi connectivity index (χ1n) is 4.96. The minimum atomic E-state index is 0.625. The predicted octanol–water partition coefficient (Wildman–Crippen LogP) is 2.92. The lowest BCUT2D eigenvalue weighted by Crippen LogP contribution is -2.32. The average molecular weight is 197 g/mol. The predicted molar refractivity (Wildman–Crippen MR) is 60.3 cm³/mol. The normalized spacial score (nSPS) is 13.5. The van der Waals surface area contributed by atoms with Crippen molar-refractivity contribution in [3.05, 3.63) is 22.4 Å². The maximum atomic E-state index is 3.53. The van der Waals surface area contributed by atoms with E-state index >= 15 is 0 Å². The van der Waals surface area contributed by atoms with Crippen molar-refractivity contribution in [2.75, 3.05) is 6.54 Å². The highest BCUT2D eigenvalue weighted by Gasteiger charge is 2.04. The van der Waals surface area contributed by atoms with Crippen LogP contribution in [0.25, 0.3) is 0 Å². The fourth-order valence-corrected chi connectivity index (χ4v) is 1.82. The van der Waals surface area contributed by atoms with Crippen LogP contribution in [0, 0.1) is 5.92 Å². The molecule has 0 aliphatic rings. The summed E-state index contributed by atoms with van der Waals surface area (Å²) in [5.74, 6) is 0.725. The van der Waals surface area contributed by atoms with E-state index in [1.54, 1.807) is 0 Å². The zero-order chi connectivity index (χ0) is 9.68. The van der Waals surface area contributed by atoms with Crippen LogP contribution in [-0.4, -0.2) is 12.6 Å². The molecule has 0 aliphatic carbocycles. The Bertz CT molecular complexity index is 216. The summed E-state index contributed by atoms with van der Waals surface area (Å²) < 4.78 is 0. The maximum Gasteiger partial charge on any atom is 0.00618 e. The molecular formula is C11H19NS. The lowest BCUT2D eigenvalue weighted by atomic mass is 10.1. The van der Waals surface area contributed by atoms with Gasteiger partial charge in [0.1, 0.15) is 0 Å². The minimum absolute atomic E-state index is 0.625. The number of nitrogens with one attached hydrogen (secondary N) is 1. The summed E-state index contributed by atoms with van der Waals surface area (Å²) in [6.45, 7) is 7.85. The fourth-order valence-electron chi connectivity index (χ4n) is 1.11. The van der Waals surface area contributed by atoms with Crippen molar-refractivity contribution in [2.45, 2.75) is 33.2 Å². The Kier molecular flexibility index (Phi) is 4.46. The van der Waals surface area contributed by atoms with Gasteiger partial charge in [-0.2, -0.15) is 0 Å². The second-order valence-corrected chi connectivity index (χ2v) is 4.85. The van der Waals surface area contributed by atoms with E-state index in [9.17, 15) is 0 Å². The van der Waals surface area contributed by atoms with Gasteiger partial charge in [0.25, 0.3) is 0 Å². The Labute approximate surface area is 85.2 Å². The van der Waals surface area contributed by atoms with Crippen molar-refractivity contribution >= 4 is 11.3 Å². The van der Waals surface area contributed by atoms with E-state index in [1.807, 2.05) is 11.3 Å². The van der Waals surface area contributed by atoms with Crippen LogP contribution in [0.15, 0.2) is 17.5 Å². The van der Waals surface area contributed by atoms with Crippen LogP contribution in [0.2, 0.25) is 0 Å². The van der Waals surface area contributed by atoms with Gasteiger partial charge in [-0.1, -0.05) is 19.9 Å². The Hall–Kier alpha value is -0.340. The van der Waals surface area contributed by atoms with Gasteiger partial charge in [-0.15, -0.1) is 11.3 Å². The summed E-state index contributed by atoms with van der Waals surface area (Å²) in [5.41, 5.74) is 0. The third-order valence-corrected chi connectivity index (χ3v) is 3.35. The highest BCUT2D eigenvalue weighted by molar-refractivity contribution is 7.09. The van der Waals surface area contributed by atoms with E-state index in [4.69, 9.17) is 0 Å². The molecule has 13 heavy (non-hydrogen) atoms. The molecule has 0 spiro atoms. The van der Waals surface area contributed by atoms with Crippen molar-refractivity contribution in [1.29, 1.82) is 0 Å². The van der Waals surface area contributed by atoms with Crippen molar-refractivity contribution in [3.63, 3.8) is 0 Å². The van der Waals surface area contributed by atoms with Gasteiger partial charge in [-0.05, 0) is 30.7 Å². The molecule has 1 nitrogen and oxygen atoms in total. The topological polar surface area (TPSA) is 12.0 Å². The van der Waals surface area contributed by atoms with Crippen LogP contribution in [0.1, 0.15) is 25.6 Å². The smallest absolute Gasteiger partial charge is 0.00618 e. The first-order chi connectivity index (χ1) is 6.20. The molecule has 1 atom stereocenters. The molecule has 1 N–H and O–H groups in total. The van der Waals surface area contributed by atoms with Gasteiger partial charge in [0.15, 0.2) is 0 Å². The second-order valence-electron chi connectivity index (χ2n) is 3.82. The Morgan fingerprint density at radius 3 is 2.69 bits per heavy atom. The third kappa shape index (κ3) is 3.92. The molecule has 0 fully saturated rings. The summed E-state index contributed by atoms with van der Waals surface area (Å²) in [6.07, 6.45) is 1.16. The van der Waals surface area contributed by atoms with E-state index in [0.717, 1.165) is 18.9 Å². The second kappa shape index (κ2) is 5.40. The summed E-state index contributed by atoms with van der Waals surface area (Å²) in [5, 5.41) is 5.67. The minimum Gasteiger partial charge on any atom is -0.314 e. The van der Waals surface area contributed by atoms with Crippen molar-refractivity contribution in [2.24, 2.45) is 5.92 Å². The number of hydrogen-bond acceptors (Lipinski definition) is 2. The molecule has 0 saturated heterocycles. The first kappa shape index (κ1) is 10.7. The largest absolute Gasteiger partial charge is 0.314 e. The monoisotopic (exact) mass is 197 g/mol. The van der Waals surface area contributed by atoms with Gasteiger partial charge in [0.2, 0.25) is 0 Å². The molecule has 0 amide bonds. The van der Waals surface area contributed by atoms with Gasteiger partial charge < -0.3 is 5.32 Å². The highest BCUT2D eigenvalue weighted by atomic mass is 32.1. The molecule has 2 heteroatoms. The molecule has 0 unspecified atom stereocenters. The van der Waals surface area contributed by atoms with E-state index in [1.165, 1.54) is 4.88 Å². The SMILES string of the molecule is CC(C)[C@H](C)NCCc1cccs1. The van der Waals surface area contributed by atoms with Crippen molar-refractivity contribution in [1.82, 2.24) is 5.32 Å². The van der Waals surface area contributed by atoms with Crippen molar-refractivity contribution in [3.8, 4) is 0 Å². The van der Waals surface area contributed by atoms with E-state index in [0.29, 0.717) is 6.04 Å². The molecule has 0 radical (unpaired) electrons. The molecule has 1 rings (SSSR count). The summed E-state index contributed by atoms with van der Waals surface area (Å²) in [7, 11) is 0. The first-order valence-corrected chi connectivity index (χ1v) is 5.84. The van der Waals surface area contributed by atoms with E-state index < -0.39 is 0 Å². The van der Waals surface area contributed by atoms with Crippen LogP contribution < -0.4 is 5.32 Å². The van der Waals surface area contributed by atoms with Crippen LogP contribution in [0.5, 0.6) is 0 Å². The van der Waals surface area contributed by atoms with Crippen LogP contribution in [-0.2, 0) is 6.42 Å². The number of thiophene rings is 1. The van der Waals surface area contributed by atoms with Gasteiger partial charge in [-0.25, -0.2) is 0 Å². The van der Waals surface area contributed by atoms with E-state index in [2.05, 4.69) is 43.6 Å². The van der Waals surface area contributed by atoms with Crippen LogP contribution in [0.3, 0.4) is 0 Å². The zero-order valence-electron chi connectivity index (χ0n) is 8.71. The third-order valence-electron chi connectivity index (χ3n) is 2.42. The van der Waals surface area contributed by atoms with Crippen LogP contribution >= 0.6 is 11.3 Å². The van der Waals surface area contributed by atoms with Crippen LogP contribution in [0.4, 0.5) is 0 Å². The Morgan fingerprint density at radius 1 is 1.38 bits per heavy atom. The molecule has 0 saturated carbocycles. The highest BCUT2D eigenvalue weighted by Crippen LogP contribution is 2.08. The van der Waals surface area contributed by atoms with E-state index in [-0.39, 0.29) is 0 Å². The molecule has 74 valence electrons. The Balaban J connectivity index is 2.14. The molecule has 0 aliphatic heterocycles. The molecule has 1 aromatic heterocycles. The van der Waals surface area contributed by atoms with Gasteiger partial charge in [-0.3, -0.25) is 0 Å². The molecule has 0 aromatic carbocycles. The summed E-state index contributed by atoms with van der Waals surface area (Å²) in [4.78, 5) is 1.48. The average Bonchev–Trinajstić information content (AvgIpc) is 2.56.